The lowest BCUT2D eigenvalue weighted by atomic mass is 9.73. The van der Waals surface area contributed by atoms with Crippen molar-refractivity contribution < 1.29 is 17.5 Å². The van der Waals surface area contributed by atoms with Crippen LogP contribution in [-0.4, -0.2) is 36.4 Å². The fourth-order valence-electron chi connectivity index (χ4n) is 2.91. The van der Waals surface area contributed by atoms with Gasteiger partial charge in [0, 0.05) is 12.3 Å². The normalized spacial score (nSPS) is 26.0. The van der Waals surface area contributed by atoms with E-state index in [0.29, 0.717) is 0 Å². The summed E-state index contributed by atoms with van der Waals surface area (Å²) in [5.41, 5.74) is 0. The summed E-state index contributed by atoms with van der Waals surface area (Å²) >= 11 is 4.19. The topological polar surface area (TPSA) is 86.6 Å². The van der Waals surface area contributed by atoms with Crippen LogP contribution in [0.5, 0.6) is 0 Å². The fraction of sp³-hybridized carbons (Fsp3) is 1.00. The molecule has 0 radical (unpaired) electrons. The monoisotopic (exact) mass is 341 g/mol. The molecule has 1 aliphatic carbocycles. The summed E-state index contributed by atoms with van der Waals surface area (Å²) < 4.78 is 31.6. The number of thiol groups is 1. The zero-order valence-corrected chi connectivity index (χ0v) is 14.9. The molecule has 5 nitrogen and oxygen atoms in total. The van der Waals surface area contributed by atoms with Crippen LogP contribution in [0.1, 0.15) is 52.4 Å². The molecule has 0 aromatic heterocycles. The van der Waals surface area contributed by atoms with Crippen LogP contribution in [0.2, 0.25) is 0 Å². The van der Waals surface area contributed by atoms with Crippen LogP contribution >= 0.6 is 12.6 Å². The maximum absolute atomic E-state index is 8.74. The smallest absolute Gasteiger partial charge is 0.316 e. The number of unbranched alkanes of at least 4 members (excludes halogenated alkanes) is 1. The highest BCUT2D eigenvalue weighted by Gasteiger charge is 2.24. The summed E-state index contributed by atoms with van der Waals surface area (Å²) in [5, 5.41) is 3.42. The molecule has 3 N–H and O–H groups in total. The van der Waals surface area contributed by atoms with E-state index in [4.69, 9.17) is 17.5 Å². The lowest BCUT2D eigenvalue weighted by molar-refractivity contribution is 0.189. The minimum Gasteiger partial charge on any atom is -0.316 e. The second-order valence-corrected chi connectivity index (χ2v) is 7.42. The largest absolute Gasteiger partial charge is 0.394 e. The summed E-state index contributed by atoms with van der Waals surface area (Å²) in [6.45, 7) is 7.11. The first-order valence-electron chi connectivity index (χ1n) is 7.75. The Bertz CT molecular complexity index is 341. The molecule has 1 rings (SSSR count). The van der Waals surface area contributed by atoms with E-state index in [1.807, 2.05) is 0 Å². The van der Waals surface area contributed by atoms with Crippen LogP contribution in [0, 0.1) is 17.8 Å². The van der Waals surface area contributed by atoms with Gasteiger partial charge in [-0.2, -0.15) is 21.0 Å². The maximum Gasteiger partial charge on any atom is 0.394 e. The molecule has 0 aromatic carbocycles. The number of nitrogens with one attached hydrogen (secondary N) is 1. The molecule has 0 aliphatic heterocycles. The summed E-state index contributed by atoms with van der Waals surface area (Å²) in [6, 6.07) is 0. The minimum atomic E-state index is -4.67. The van der Waals surface area contributed by atoms with Gasteiger partial charge in [-0.15, -0.1) is 0 Å². The lowest BCUT2D eigenvalue weighted by Crippen LogP contribution is -2.22. The van der Waals surface area contributed by atoms with Gasteiger partial charge in [-0.25, -0.2) is 0 Å². The van der Waals surface area contributed by atoms with Gasteiger partial charge >= 0.3 is 10.4 Å². The predicted octanol–water partition coefficient (Wildman–Crippen LogP) is 3.10. The van der Waals surface area contributed by atoms with Crippen molar-refractivity contribution in [3.63, 3.8) is 0 Å². The van der Waals surface area contributed by atoms with Gasteiger partial charge in [0.25, 0.3) is 0 Å². The third-order valence-corrected chi connectivity index (χ3v) is 4.32. The molecule has 0 heterocycles. The molecule has 0 amide bonds. The maximum atomic E-state index is 8.74. The Labute approximate surface area is 135 Å². The molecule has 7 heteroatoms. The molecule has 3 unspecified atom stereocenters. The van der Waals surface area contributed by atoms with Crippen LogP contribution in [0.3, 0.4) is 0 Å². The van der Waals surface area contributed by atoms with E-state index in [-0.39, 0.29) is 0 Å². The van der Waals surface area contributed by atoms with Gasteiger partial charge in [-0.3, -0.25) is 9.11 Å². The van der Waals surface area contributed by atoms with Crippen LogP contribution in [0.15, 0.2) is 0 Å². The summed E-state index contributed by atoms with van der Waals surface area (Å²) in [5.74, 6) is 3.91. The molecule has 0 spiro atoms. The van der Waals surface area contributed by atoms with Gasteiger partial charge in [0.15, 0.2) is 0 Å². The summed E-state index contributed by atoms with van der Waals surface area (Å²) in [7, 11) is -4.67. The Balaban J connectivity index is 0.000000690. The molecule has 1 fully saturated rings. The van der Waals surface area contributed by atoms with Crippen LogP contribution in [0.25, 0.3) is 0 Å². The minimum absolute atomic E-state index is 0.956. The zero-order chi connectivity index (χ0) is 16.3. The van der Waals surface area contributed by atoms with E-state index in [0.717, 1.165) is 30.1 Å². The molecule has 128 valence electrons. The second kappa shape index (κ2) is 11.7. The molecule has 21 heavy (non-hydrogen) atoms. The first-order chi connectivity index (χ1) is 9.74. The Kier molecular flexibility index (Phi) is 11.8. The van der Waals surface area contributed by atoms with E-state index >= 15 is 0 Å². The van der Waals surface area contributed by atoms with Crippen LogP contribution in [-0.2, 0) is 10.4 Å². The Hall–Kier alpha value is 0.180. The van der Waals surface area contributed by atoms with Crippen LogP contribution < -0.4 is 5.32 Å². The third kappa shape index (κ3) is 14.9. The van der Waals surface area contributed by atoms with Gasteiger partial charge in [0.1, 0.15) is 0 Å². The Morgan fingerprint density at radius 3 is 2.33 bits per heavy atom. The number of hydrogen-bond donors (Lipinski definition) is 4. The highest BCUT2D eigenvalue weighted by Crippen LogP contribution is 2.36. The average molecular weight is 342 g/mol. The molecule has 0 saturated heterocycles. The van der Waals surface area contributed by atoms with Crippen LogP contribution in [0.4, 0.5) is 0 Å². The van der Waals surface area contributed by atoms with E-state index in [2.05, 4.69) is 31.8 Å². The summed E-state index contributed by atoms with van der Waals surface area (Å²) in [4.78, 5) is 0. The molecule has 0 bridgehead atoms. The lowest BCUT2D eigenvalue weighted by Gasteiger charge is -2.32. The van der Waals surface area contributed by atoms with Gasteiger partial charge in [0.2, 0.25) is 0 Å². The van der Waals surface area contributed by atoms with E-state index in [1.54, 1.807) is 0 Å². The van der Waals surface area contributed by atoms with Crippen molar-refractivity contribution in [2.75, 3.05) is 18.8 Å². The van der Waals surface area contributed by atoms with Crippen molar-refractivity contribution in [1.29, 1.82) is 0 Å². The zero-order valence-electron chi connectivity index (χ0n) is 13.2. The molecular weight excluding hydrogens is 310 g/mol. The molecule has 3 atom stereocenters. The SMILES string of the molecule is CC1CCC(C)C(CCCCNCCS)C1.O=S(=O)(O)O. The molecule has 1 aliphatic rings. The number of hydrogen-bond acceptors (Lipinski definition) is 4. The average Bonchev–Trinajstić information content (AvgIpc) is 2.35. The van der Waals surface area contributed by atoms with E-state index < -0.39 is 10.4 Å². The van der Waals surface area contributed by atoms with E-state index in [1.165, 1.54) is 45.1 Å². The predicted molar refractivity (Wildman–Crippen MR) is 90.4 cm³/mol. The summed E-state index contributed by atoms with van der Waals surface area (Å²) in [6.07, 6.45) is 8.59. The second-order valence-electron chi connectivity index (χ2n) is 6.07. The first kappa shape index (κ1) is 21.2. The molecular formula is C14H31NO4S2. The molecule has 0 aromatic rings. The molecule has 1 saturated carbocycles. The van der Waals surface area contributed by atoms with Crippen molar-refractivity contribution in [1.82, 2.24) is 5.32 Å². The van der Waals surface area contributed by atoms with Crippen molar-refractivity contribution in [2.24, 2.45) is 17.8 Å². The van der Waals surface area contributed by atoms with Crippen molar-refractivity contribution in [2.45, 2.75) is 52.4 Å². The first-order valence-corrected chi connectivity index (χ1v) is 9.78. The van der Waals surface area contributed by atoms with Gasteiger partial charge < -0.3 is 5.32 Å². The van der Waals surface area contributed by atoms with Gasteiger partial charge in [-0.1, -0.05) is 39.5 Å². The van der Waals surface area contributed by atoms with Gasteiger partial charge in [0.05, 0.1) is 0 Å². The van der Waals surface area contributed by atoms with Crippen molar-refractivity contribution >= 4 is 23.0 Å². The van der Waals surface area contributed by atoms with Gasteiger partial charge in [-0.05, 0) is 37.1 Å². The Morgan fingerprint density at radius 1 is 1.14 bits per heavy atom. The standard InChI is InChI=1S/C14H29NS.H2O4S/c1-12-6-7-13(2)14(11-12)5-3-4-8-15-9-10-16;1-5(2,3)4/h12-16H,3-11H2,1-2H3;(H2,1,2,3,4). The van der Waals surface area contributed by atoms with Crippen molar-refractivity contribution in [3.05, 3.63) is 0 Å². The third-order valence-electron chi connectivity index (χ3n) is 4.09. The Morgan fingerprint density at radius 2 is 1.76 bits per heavy atom. The quantitative estimate of drug-likeness (QED) is 0.325. The highest BCUT2D eigenvalue weighted by atomic mass is 32.3. The fourth-order valence-corrected chi connectivity index (χ4v) is 3.07. The van der Waals surface area contributed by atoms with E-state index in [9.17, 15) is 0 Å². The highest BCUT2D eigenvalue weighted by molar-refractivity contribution is 7.80. The van der Waals surface area contributed by atoms with Crippen molar-refractivity contribution in [3.8, 4) is 0 Å². The number of rotatable bonds is 7.